The van der Waals surface area contributed by atoms with E-state index in [4.69, 9.17) is 0 Å². The van der Waals surface area contributed by atoms with Crippen molar-refractivity contribution in [1.29, 1.82) is 0 Å². The highest BCUT2D eigenvalue weighted by atomic mass is 16.3. The lowest BCUT2D eigenvalue weighted by Gasteiger charge is -2.13. The number of benzene rings is 3. The van der Waals surface area contributed by atoms with E-state index in [0.717, 1.165) is 16.8 Å². The molecule has 0 bridgehead atoms. The topological polar surface area (TPSA) is 107 Å². The predicted molar refractivity (Wildman–Crippen MR) is 130 cm³/mol. The van der Waals surface area contributed by atoms with Gasteiger partial charge in [-0.15, -0.1) is 0 Å². The number of hydrogen-bond acceptors (Lipinski definition) is 5. The SMILES string of the molecule is O=C(Nc1ccc(Nc2ccnc3[nH]c(=O)c4ccc(CO)cc4c23)cc1)c1ccccc1. The second-order valence-corrected chi connectivity index (χ2v) is 7.60. The Balaban J connectivity index is 1.47. The summed E-state index contributed by atoms with van der Waals surface area (Å²) in [6, 6.07) is 23.5. The van der Waals surface area contributed by atoms with Crippen molar-refractivity contribution in [3.8, 4) is 0 Å². The van der Waals surface area contributed by atoms with Gasteiger partial charge in [0, 0.05) is 39.3 Å². The molecule has 0 aliphatic rings. The Morgan fingerprint density at radius 1 is 0.909 bits per heavy atom. The predicted octanol–water partition coefficient (Wildman–Crippen LogP) is 4.56. The lowest BCUT2D eigenvalue weighted by molar-refractivity contribution is 0.102. The molecule has 0 saturated heterocycles. The van der Waals surface area contributed by atoms with Gasteiger partial charge in [-0.25, -0.2) is 4.98 Å². The number of amides is 1. The highest BCUT2D eigenvalue weighted by Gasteiger charge is 2.12. The monoisotopic (exact) mass is 436 g/mol. The van der Waals surface area contributed by atoms with Crippen LogP contribution < -0.4 is 16.2 Å². The summed E-state index contributed by atoms with van der Waals surface area (Å²) < 4.78 is 0. The Bertz CT molecular complexity index is 1530. The molecule has 1 amide bonds. The number of carbonyl (C=O) groups is 1. The number of rotatable bonds is 5. The van der Waals surface area contributed by atoms with Gasteiger partial charge in [-0.3, -0.25) is 9.59 Å². The van der Waals surface area contributed by atoms with Crippen LogP contribution in [0.15, 0.2) is 89.9 Å². The fourth-order valence-corrected chi connectivity index (χ4v) is 3.79. The van der Waals surface area contributed by atoms with Crippen molar-refractivity contribution in [3.63, 3.8) is 0 Å². The molecule has 7 heteroatoms. The maximum absolute atomic E-state index is 12.5. The molecule has 0 saturated carbocycles. The number of carbonyl (C=O) groups excluding carboxylic acids is 1. The van der Waals surface area contributed by atoms with Gasteiger partial charge in [-0.2, -0.15) is 0 Å². The quantitative estimate of drug-likeness (QED) is 0.302. The zero-order valence-electron chi connectivity index (χ0n) is 17.5. The Kier molecular flexibility index (Phi) is 5.30. The lowest BCUT2D eigenvalue weighted by atomic mass is 10.0. The normalized spacial score (nSPS) is 10.9. The average Bonchev–Trinajstić information content (AvgIpc) is 2.85. The smallest absolute Gasteiger partial charge is 0.257 e. The number of nitrogens with zero attached hydrogens (tertiary/aromatic N) is 1. The summed E-state index contributed by atoms with van der Waals surface area (Å²) in [6.45, 7) is -0.122. The van der Waals surface area contributed by atoms with Gasteiger partial charge in [0.1, 0.15) is 5.65 Å². The fraction of sp³-hybridized carbons (Fsp3) is 0.0385. The number of fused-ring (bicyclic) bond motifs is 3. The molecular formula is C26H20N4O3. The van der Waals surface area contributed by atoms with Gasteiger partial charge in [0.15, 0.2) is 0 Å². The second kappa shape index (κ2) is 8.57. The standard InChI is InChI=1S/C26H20N4O3/c31-15-16-6-11-20-21(14-16)23-22(12-13-27-24(23)30-26(20)33)28-18-7-9-19(10-8-18)29-25(32)17-4-2-1-3-5-17/h1-14,31H,15H2,(H,29,32)(H2,27,28,30,33). The van der Waals surface area contributed by atoms with Gasteiger partial charge in [0.25, 0.3) is 11.5 Å². The number of hydrogen-bond donors (Lipinski definition) is 4. The molecule has 2 heterocycles. The molecule has 0 spiro atoms. The van der Waals surface area contributed by atoms with Crippen LogP contribution in [0.4, 0.5) is 17.1 Å². The van der Waals surface area contributed by atoms with Crippen LogP contribution in [0.2, 0.25) is 0 Å². The first-order chi connectivity index (χ1) is 16.1. The van der Waals surface area contributed by atoms with Crippen LogP contribution in [-0.2, 0) is 6.61 Å². The van der Waals surface area contributed by atoms with E-state index < -0.39 is 0 Å². The van der Waals surface area contributed by atoms with Crippen LogP contribution >= 0.6 is 0 Å². The second-order valence-electron chi connectivity index (χ2n) is 7.60. The van der Waals surface area contributed by atoms with E-state index in [1.165, 1.54) is 0 Å². The van der Waals surface area contributed by atoms with E-state index in [1.54, 1.807) is 30.5 Å². The molecule has 2 aromatic heterocycles. The molecule has 0 aliphatic carbocycles. The number of aliphatic hydroxyl groups is 1. The molecule has 5 aromatic rings. The number of anilines is 3. The van der Waals surface area contributed by atoms with Gasteiger partial charge >= 0.3 is 0 Å². The summed E-state index contributed by atoms with van der Waals surface area (Å²) in [5.41, 5.74) is 3.77. The highest BCUT2D eigenvalue weighted by molar-refractivity contribution is 6.11. The van der Waals surface area contributed by atoms with E-state index in [-0.39, 0.29) is 18.1 Å². The summed E-state index contributed by atoms with van der Waals surface area (Å²) >= 11 is 0. The van der Waals surface area contributed by atoms with Crippen molar-refractivity contribution in [2.75, 3.05) is 10.6 Å². The fourth-order valence-electron chi connectivity index (χ4n) is 3.79. The summed E-state index contributed by atoms with van der Waals surface area (Å²) in [5.74, 6) is -0.174. The van der Waals surface area contributed by atoms with Crippen LogP contribution in [0.3, 0.4) is 0 Å². The number of aliphatic hydroxyl groups excluding tert-OH is 1. The summed E-state index contributed by atoms with van der Waals surface area (Å²) in [5, 5.41) is 17.8. The largest absolute Gasteiger partial charge is 0.392 e. The Labute approximate surface area is 188 Å². The van der Waals surface area contributed by atoms with Gasteiger partial charge in [-0.05, 0) is 60.2 Å². The molecule has 162 valence electrons. The minimum absolute atomic E-state index is 0.122. The number of H-pyrrole nitrogens is 1. The maximum atomic E-state index is 12.5. The zero-order chi connectivity index (χ0) is 22.8. The van der Waals surface area contributed by atoms with Crippen molar-refractivity contribution in [2.24, 2.45) is 0 Å². The van der Waals surface area contributed by atoms with Gasteiger partial charge < -0.3 is 20.7 Å². The third-order valence-electron chi connectivity index (χ3n) is 5.42. The molecule has 0 atom stereocenters. The van der Waals surface area contributed by atoms with Gasteiger partial charge in [0.05, 0.1) is 12.3 Å². The van der Waals surface area contributed by atoms with E-state index in [1.807, 2.05) is 54.6 Å². The summed E-state index contributed by atoms with van der Waals surface area (Å²) in [6.07, 6.45) is 1.62. The third-order valence-corrected chi connectivity index (χ3v) is 5.42. The first-order valence-electron chi connectivity index (χ1n) is 10.4. The van der Waals surface area contributed by atoms with Crippen LogP contribution in [0.25, 0.3) is 21.8 Å². The van der Waals surface area contributed by atoms with E-state index >= 15 is 0 Å². The Morgan fingerprint density at radius 3 is 2.42 bits per heavy atom. The first-order valence-corrected chi connectivity index (χ1v) is 10.4. The van der Waals surface area contributed by atoms with Crippen LogP contribution in [-0.4, -0.2) is 21.0 Å². The molecule has 7 nitrogen and oxygen atoms in total. The Hall–Kier alpha value is -4.49. The van der Waals surface area contributed by atoms with Crippen molar-refractivity contribution >= 4 is 44.8 Å². The summed E-state index contributed by atoms with van der Waals surface area (Å²) in [7, 11) is 0. The minimum Gasteiger partial charge on any atom is -0.392 e. The molecule has 5 rings (SSSR count). The van der Waals surface area contributed by atoms with Crippen LogP contribution in [0.1, 0.15) is 15.9 Å². The van der Waals surface area contributed by atoms with Gasteiger partial charge in [-0.1, -0.05) is 24.3 Å². The van der Waals surface area contributed by atoms with Crippen LogP contribution in [0.5, 0.6) is 0 Å². The van der Waals surface area contributed by atoms with Crippen molar-refractivity contribution in [1.82, 2.24) is 9.97 Å². The van der Waals surface area contributed by atoms with E-state index in [0.29, 0.717) is 33.2 Å². The van der Waals surface area contributed by atoms with Crippen molar-refractivity contribution in [2.45, 2.75) is 6.61 Å². The van der Waals surface area contributed by atoms with E-state index in [2.05, 4.69) is 20.6 Å². The van der Waals surface area contributed by atoms with Crippen LogP contribution in [0, 0.1) is 0 Å². The molecule has 0 fully saturated rings. The highest BCUT2D eigenvalue weighted by Crippen LogP contribution is 2.30. The molecular weight excluding hydrogens is 416 g/mol. The molecule has 0 aliphatic heterocycles. The lowest BCUT2D eigenvalue weighted by Crippen LogP contribution is -2.11. The molecule has 3 aromatic carbocycles. The Morgan fingerprint density at radius 2 is 1.67 bits per heavy atom. The van der Waals surface area contributed by atoms with Gasteiger partial charge in [0.2, 0.25) is 0 Å². The third kappa shape index (κ3) is 4.05. The molecule has 0 radical (unpaired) electrons. The number of pyridine rings is 2. The molecule has 33 heavy (non-hydrogen) atoms. The number of aromatic amines is 1. The number of aromatic nitrogens is 2. The van der Waals surface area contributed by atoms with Crippen molar-refractivity contribution < 1.29 is 9.90 Å². The molecule has 4 N–H and O–H groups in total. The average molecular weight is 436 g/mol. The molecule has 0 unspecified atom stereocenters. The van der Waals surface area contributed by atoms with Crippen molar-refractivity contribution in [3.05, 3.63) is 107 Å². The zero-order valence-corrected chi connectivity index (χ0v) is 17.5. The van der Waals surface area contributed by atoms with E-state index in [9.17, 15) is 14.7 Å². The maximum Gasteiger partial charge on any atom is 0.257 e. The minimum atomic E-state index is -0.231. The summed E-state index contributed by atoms with van der Waals surface area (Å²) in [4.78, 5) is 32.0. The number of nitrogens with one attached hydrogen (secondary N) is 3. The first kappa shape index (κ1) is 20.4.